The molecule has 3 aromatic rings. The first-order chi connectivity index (χ1) is 17.4. The summed E-state index contributed by atoms with van der Waals surface area (Å²) >= 11 is 12.9. The van der Waals surface area contributed by atoms with Crippen LogP contribution in [0.5, 0.6) is 11.5 Å². The van der Waals surface area contributed by atoms with Gasteiger partial charge in [-0.1, -0.05) is 53.5 Å². The molecule has 1 aliphatic rings. The predicted octanol–water partition coefficient (Wildman–Crippen LogP) is 7.08. The van der Waals surface area contributed by atoms with Crippen LogP contribution in [0.4, 0.5) is 4.79 Å². The third kappa shape index (κ3) is 5.85. The quantitative estimate of drug-likeness (QED) is 0.285. The van der Waals surface area contributed by atoms with Gasteiger partial charge in [-0.15, -0.1) is 0 Å². The second-order valence-electron chi connectivity index (χ2n) is 7.71. The molecule has 0 radical (unpaired) electrons. The highest BCUT2D eigenvalue weighted by atomic mass is 35.5. The van der Waals surface area contributed by atoms with E-state index >= 15 is 0 Å². The van der Waals surface area contributed by atoms with Crippen molar-refractivity contribution in [2.75, 3.05) is 6.61 Å². The summed E-state index contributed by atoms with van der Waals surface area (Å²) in [5, 5.41) is 9.69. The number of halogens is 2. The van der Waals surface area contributed by atoms with Crippen LogP contribution in [0.1, 0.15) is 29.2 Å². The molecule has 4 rings (SSSR count). The molecule has 1 aliphatic heterocycles. The molecule has 1 heterocycles. The van der Waals surface area contributed by atoms with Crippen molar-refractivity contribution in [2.45, 2.75) is 20.1 Å². The fraction of sp³-hybridized carbons (Fsp3) is 0.148. The van der Waals surface area contributed by atoms with Gasteiger partial charge in [0, 0.05) is 5.56 Å². The number of imide groups is 1. The first kappa shape index (κ1) is 25.6. The maximum atomic E-state index is 12.9. The summed E-state index contributed by atoms with van der Waals surface area (Å²) < 4.78 is 11.7. The minimum Gasteiger partial charge on any atom is -0.490 e. The number of carbonyl (C=O) groups is 2. The van der Waals surface area contributed by atoms with Crippen LogP contribution in [0, 0.1) is 11.3 Å². The van der Waals surface area contributed by atoms with E-state index in [-0.39, 0.29) is 24.3 Å². The van der Waals surface area contributed by atoms with E-state index < -0.39 is 0 Å². The summed E-state index contributed by atoms with van der Waals surface area (Å²) in [6.45, 7) is 2.57. The highest BCUT2D eigenvalue weighted by Crippen LogP contribution is 2.36. The molecule has 182 valence electrons. The lowest BCUT2D eigenvalue weighted by atomic mass is 10.1. The molecule has 0 aromatic heterocycles. The Kier molecular flexibility index (Phi) is 8.21. The van der Waals surface area contributed by atoms with Crippen molar-refractivity contribution in [3.8, 4) is 17.6 Å². The van der Waals surface area contributed by atoms with Gasteiger partial charge in [0.1, 0.15) is 6.61 Å². The number of hydrogen-bond donors (Lipinski definition) is 0. The van der Waals surface area contributed by atoms with Crippen molar-refractivity contribution in [1.82, 2.24) is 4.90 Å². The largest absolute Gasteiger partial charge is 0.490 e. The fourth-order valence-electron chi connectivity index (χ4n) is 3.52. The van der Waals surface area contributed by atoms with Gasteiger partial charge in [-0.3, -0.25) is 14.5 Å². The molecule has 9 heteroatoms. The van der Waals surface area contributed by atoms with Crippen LogP contribution in [0.2, 0.25) is 10.0 Å². The van der Waals surface area contributed by atoms with E-state index in [1.807, 2.05) is 19.1 Å². The molecule has 0 aliphatic carbocycles. The lowest BCUT2D eigenvalue weighted by Gasteiger charge is -2.14. The summed E-state index contributed by atoms with van der Waals surface area (Å²) in [7, 11) is 0. The van der Waals surface area contributed by atoms with Gasteiger partial charge in [0.15, 0.2) is 11.5 Å². The Morgan fingerprint density at radius 2 is 1.81 bits per heavy atom. The number of hydrogen-bond acceptors (Lipinski definition) is 6. The van der Waals surface area contributed by atoms with Crippen molar-refractivity contribution < 1.29 is 19.1 Å². The molecule has 1 saturated heterocycles. The van der Waals surface area contributed by atoms with Crippen LogP contribution in [0.25, 0.3) is 6.08 Å². The molecular formula is C27H20Cl2N2O4S. The molecule has 0 N–H and O–H groups in total. The van der Waals surface area contributed by atoms with Crippen molar-refractivity contribution in [3.05, 3.63) is 97.9 Å². The third-order valence-corrected chi connectivity index (χ3v) is 6.93. The number of rotatable bonds is 8. The van der Waals surface area contributed by atoms with Gasteiger partial charge in [0.05, 0.1) is 39.7 Å². The molecule has 0 atom stereocenters. The Hall–Kier alpha value is -3.44. The lowest BCUT2D eigenvalue weighted by molar-refractivity contribution is -0.123. The van der Waals surface area contributed by atoms with Crippen molar-refractivity contribution in [3.63, 3.8) is 0 Å². The lowest BCUT2D eigenvalue weighted by Crippen LogP contribution is -2.27. The number of benzene rings is 3. The average molecular weight is 539 g/mol. The number of nitriles is 1. The maximum absolute atomic E-state index is 12.9. The standard InChI is InChI=1S/C27H20Cl2N2O4S/c1-2-34-24-12-17(8-10-23(24)35-16-20-6-4-3-5-19(20)14-30)13-25-26(32)31(27(33)36-25)15-18-7-9-21(28)22(29)11-18/h3-13H,2,15-16H2,1H3/b25-13-. The first-order valence-electron chi connectivity index (χ1n) is 11.0. The van der Waals surface area contributed by atoms with Crippen molar-refractivity contribution >= 4 is 52.2 Å². The Labute approximate surface area is 223 Å². The van der Waals surface area contributed by atoms with Gasteiger partial charge in [-0.25, -0.2) is 0 Å². The van der Waals surface area contributed by atoms with E-state index in [9.17, 15) is 14.9 Å². The SMILES string of the molecule is CCOc1cc(/C=C2\SC(=O)N(Cc3ccc(Cl)c(Cl)c3)C2=O)ccc1OCc1ccccc1C#N. The van der Waals surface area contributed by atoms with Crippen LogP contribution in [0.3, 0.4) is 0 Å². The van der Waals surface area contributed by atoms with E-state index in [1.54, 1.807) is 54.6 Å². The zero-order valence-corrected chi connectivity index (χ0v) is 21.5. The Balaban J connectivity index is 1.52. The van der Waals surface area contributed by atoms with Gasteiger partial charge in [0.2, 0.25) is 0 Å². The Morgan fingerprint density at radius 1 is 1.00 bits per heavy atom. The van der Waals surface area contributed by atoms with Gasteiger partial charge < -0.3 is 9.47 Å². The molecule has 0 spiro atoms. The molecule has 1 fully saturated rings. The monoisotopic (exact) mass is 538 g/mol. The molecular weight excluding hydrogens is 519 g/mol. The molecule has 0 unspecified atom stereocenters. The van der Waals surface area contributed by atoms with Crippen LogP contribution < -0.4 is 9.47 Å². The Morgan fingerprint density at radius 3 is 2.56 bits per heavy atom. The summed E-state index contributed by atoms with van der Waals surface area (Å²) in [6.07, 6.45) is 1.65. The highest BCUT2D eigenvalue weighted by molar-refractivity contribution is 8.18. The molecule has 36 heavy (non-hydrogen) atoms. The smallest absolute Gasteiger partial charge is 0.293 e. The van der Waals surface area contributed by atoms with Crippen molar-refractivity contribution in [1.29, 1.82) is 5.26 Å². The molecule has 2 amide bonds. The minimum atomic E-state index is -0.387. The normalized spacial score (nSPS) is 14.3. The molecule has 0 bridgehead atoms. The van der Waals surface area contributed by atoms with E-state index in [1.165, 1.54) is 4.90 Å². The predicted molar refractivity (Wildman–Crippen MR) is 141 cm³/mol. The molecule has 0 saturated carbocycles. The number of nitrogens with zero attached hydrogens (tertiary/aromatic N) is 2. The fourth-order valence-corrected chi connectivity index (χ4v) is 4.68. The van der Waals surface area contributed by atoms with Gasteiger partial charge in [-0.05, 0) is 66.2 Å². The first-order valence-corrected chi connectivity index (χ1v) is 12.5. The summed E-state index contributed by atoms with van der Waals surface area (Å²) in [6, 6.07) is 19.6. The number of ether oxygens (including phenoxy) is 2. The summed E-state index contributed by atoms with van der Waals surface area (Å²) in [5.41, 5.74) is 2.69. The molecule has 6 nitrogen and oxygen atoms in total. The second-order valence-corrected chi connectivity index (χ2v) is 9.52. The number of carbonyl (C=O) groups excluding carboxylic acids is 2. The van der Waals surface area contributed by atoms with E-state index in [2.05, 4.69) is 6.07 Å². The van der Waals surface area contributed by atoms with Crippen LogP contribution in [-0.2, 0) is 17.9 Å². The third-order valence-electron chi connectivity index (χ3n) is 5.28. The van der Waals surface area contributed by atoms with E-state index in [0.29, 0.717) is 49.7 Å². The average Bonchev–Trinajstić information content (AvgIpc) is 3.13. The highest BCUT2D eigenvalue weighted by Gasteiger charge is 2.35. The zero-order chi connectivity index (χ0) is 25.7. The number of amides is 2. The van der Waals surface area contributed by atoms with Gasteiger partial charge in [0.25, 0.3) is 11.1 Å². The second kappa shape index (κ2) is 11.5. The summed E-state index contributed by atoms with van der Waals surface area (Å²) in [5.74, 6) is 0.618. The van der Waals surface area contributed by atoms with Gasteiger partial charge in [-0.2, -0.15) is 5.26 Å². The zero-order valence-electron chi connectivity index (χ0n) is 19.2. The van der Waals surface area contributed by atoms with Gasteiger partial charge >= 0.3 is 0 Å². The van der Waals surface area contributed by atoms with E-state index in [4.69, 9.17) is 32.7 Å². The topological polar surface area (TPSA) is 79.6 Å². The minimum absolute atomic E-state index is 0.0973. The van der Waals surface area contributed by atoms with Crippen LogP contribution in [0.15, 0.2) is 65.6 Å². The maximum Gasteiger partial charge on any atom is 0.293 e. The van der Waals surface area contributed by atoms with Crippen LogP contribution >= 0.6 is 35.0 Å². The summed E-state index contributed by atoms with van der Waals surface area (Å²) in [4.78, 5) is 27.0. The molecule has 3 aromatic carbocycles. The van der Waals surface area contributed by atoms with Crippen LogP contribution in [-0.4, -0.2) is 22.7 Å². The van der Waals surface area contributed by atoms with E-state index in [0.717, 1.165) is 17.3 Å². The Bertz CT molecular complexity index is 1400. The van der Waals surface area contributed by atoms with Crippen molar-refractivity contribution in [2.24, 2.45) is 0 Å². The number of thioether (sulfide) groups is 1.